The second-order valence-electron chi connectivity index (χ2n) is 8.02. The molecule has 0 bridgehead atoms. The quantitative estimate of drug-likeness (QED) is 0.415. The van der Waals surface area contributed by atoms with Crippen LogP contribution in [0, 0.1) is 0 Å². The van der Waals surface area contributed by atoms with Crippen LogP contribution in [0.5, 0.6) is 0 Å². The highest BCUT2D eigenvalue weighted by atomic mass is 16.5. The second kappa shape index (κ2) is 11.1. The Bertz CT molecular complexity index is 1150. The van der Waals surface area contributed by atoms with E-state index in [2.05, 4.69) is 59.9 Å². The van der Waals surface area contributed by atoms with Crippen molar-refractivity contribution in [2.45, 2.75) is 25.8 Å². The van der Waals surface area contributed by atoms with Gasteiger partial charge in [-0.25, -0.2) is 4.79 Å². The Morgan fingerprint density at radius 1 is 0.909 bits per heavy atom. The lowest BCUT2D eigenvalue weighted by molar-refractivity contribution is -0.139. The summed E-state index contributed by atoms with van der Waals surface area (Å²) in [6, 6.07) is 30.7. The smallest absolute Gasteiger partial charge is 0.336 e. The number of carbonyl (C=O) groups is 1. The summed E-state index contributed by atoms with van der Waals surface area (Å²) in [5.41, 5.74) is 6.09. The highest BCUT2D eigenvalue weighted by molar-refractivity contribution is 5.92. The molecule has 33 heavy (non-hydrogen) atoms. The molecule has 0 aromatic heterocycles. The summed E-state index contributed by atoms with van der Waals surface area (Å²) < 4.78 is 5.50. The van der Waals surface area contributed by atoms with Crippen LogP contribution < -0.4 is 5.32 Å². The second-order valence-corrected chi connectivity index (χ2v) is 8.02. The van der Waals surface area contributed by atoms with Gasteiger partial charge in [0, 0.05) is 18.2 Å². The van der Waals surface area contributed by atoms with Crippen LogP contribution in [0.4, 0.5) is 0 Å². The van der Waals surface area contributed by atoms with Gasteiger partial charge in [-0.1, -0.05) is 103 Å². The van der Waals surface area contributed by atoms with E-state index in [-0.39, 0.29) is 11.9 Å². The molecule has 3 nitrogen and oxygen atoms in total. The number of ether oxygens (including phenoxy) is 1. The van der Waals surface area contributed by atoms with Gasteiger partial charge in [0.1, 0.15) is 0 Å². The largest absolute Gasteiger partial charge is 0.463 e. The van der Waals surface area contributed by atoms with Crippen LogP contribution in [0.25, 0.3) is 6.08 Å². The van der Waals surface area contributed by atoms with Gasteiger partial charge >= 0.3 is 5.97 Å². The normalized spacial score (nSPS) is 15.9. The minimum absolute atomic E-state index is 0.0797. The van der Waals surface area contributed by atoms with Crippen molar-refractivity contribution < 1.29 is 9.53 Å². The number of hydrogen-bond acceptors (Lipinski definition) is 3. The molecule has 1 atom stereocenters. The first-order valence-corrected chi connectivity index (χ1v) is 11.4. The van der Waals surface area contributed by atoms with Crippen LogP contribution in [0.1, 0.15) is 36.0 Å². The predicted molar refractivity (Wildman–Crippen MR) is 134 cm³/mol. The van der Waals surface area contributed by atoms with E-state index in [9.17, 15) is 4.79 Å². The fourth-order valence-electron chi connectivity index (χ4n) is 4.10. The monoisotopic (exact) mass is 435 g/mol. The van der Waals surface area contributed by atoms with Crippen molar-refractivity contribution in [3.05, 3.63) is 137 Å². The first-order chi connectivity index (χ1) is 16.2. The summed E-state index contributed by atoms with van der Waals surface area (Å²) in [6.07, 6.45) is 7.10. The topological polar surface area (TPSA) is 38.3 Å². The van der Waals surface area contributed by atoms with Crippen molar-refractivity contribution in [1.29, 1.82) is 0 Å². The van der Waals surface area contributed by atoms with Crippen molar-refractivity contribution in [3.8, 4) is 0 Å². The van der Waals surface area contributed by atoms with E-state index in [1.807, 2.05) is 61.5 Å². The number of allylic oxidation sites excluding steroid dienone is 3. The van der Waals surface area contributed by atoms with Crippen LogP contribution in [-0.4, -0.2) is 12.6 Å². The van der Waals surface area contributed by atoms with E-state index in [1.54, 1.807) is 0 Å². The molecule has 0 heterocycles. The zero-order chi connectivity index (χ0) is 22.9. The Balaban J connectivity index is 1.73. The maximum absolute atomic E-state index is 13.1. The van der Waals surface area contributed by atoms with Crippen LogP contribution in [0.15, 0.2) is 120 Å². The fourth-order valence-corrected chi connectivity index (χ4v) is 4.10. The highest BCUT2D eigenvalue weighted by Gasteiger charge is 2.30. The molecular weight excluding hydrogens is 406 g/mol. The minimum atomic E-state index is -0.260. The molecule has 166 valence electrons. The Morgan fingerprint density at radius 2 is 1.55 bits per heavy atom. The van der Waals surface area contributed by atoms with Crippen molar-refractivity contribution in [2.24, 2.45) is 0 Å². The third-order valence-electron chi connectivity index (χ3n) is 5.72. The lowest BCUT2D eigenvalue weighted by Crippen LogP contribution is -2.26. The molecule has 1 unspecified atom stereocenters. The van der Waals surface area contributed by atoms with E-state index in [0.29, 0.717) is 18.7 Å². The Hall–Kier alpha value is -3.85. The number of carbonyl (C=O) groups excluding carboxylic acids is 1. The molecule has 1 N–H and O–H groups in total. The summed E-state index contributed by atoms with van der Waals surface area (Å²) in [5.74, 6) is -0.340. The predicted octanol–water partition coefficient (Wildman–Crippen LogP) is 6.42. The number of rotatable bonds is 8. The molecule has 0 saturated heterocycles. The van der Waals surface area contributed by atoms with Crippen LogP contribution >= 0.6 is 0 Å². The maximum atomic E-state index is 13.1. The van der Waals surface area contributed by atoms with Gasteiger partial charge in [-0.05, 0) is 41.7 Å². The fraction of sp³-hybridized carbons (Fsp3) is 0.167. The maximum Gasteiger partial charge on any atom is 0.336 e. The lowest BCUT2D eigenvalue weighted by Gasteiger charge is -2.27. The number of hydrogen-bond donors (Lipinski definition) is 1. The van der Waals surface area contributed by atoms with Gasteiger partial charge in [-0.3, -0.25) is 0 Å². The minimum Gasteiger partial charge on any atom is -0.463 e. The summed E-state index contributed by atoms with van der Waals surface area (Å²) >= 11 is 0. The molecule has 4 rings (SSSR count). The third kappa shape index (κ3) is 5.89. The summed E-state index contributed by atoms with van der Waals surface area (Å²) in [7, 11) is 0. The van der Waals surface area contributed by atoms with Crippen LogP contribution in [0.2, 0.25) is 0 Å². The van der Waals surface area contributed by atoms with E-state index >= 15 is 0 Å². The summed E-state index contributed by atoms with van der Waals surface area (Å²) in [6.45, 7) is 2.83. The molecule has 0 saturated carbocycles. The van der Waals surface area contributed by atoms with Gasteiger partial charge in [0.25, 0.3) is 0 Å². The molecule has 0 amide bonds. The van der Waals surface area contributed by atoms with Crippen molar-refractivity contribution in [3.63, 3.8) is 0 Å². The molecule has 3 heteroatoms. The molecule has 3 aromatic rings. The average molecular weight is 436 g/mol. The molecule has 0 spiro atoms. The highest BCUT2D eigenvalue weighted by Crippen LogP contribution is 2.38. The molecule has 3 aromatic carbocycles. The lowest BCUT2D eigenvalue weighted by atomic mass is 9.80. The van der Waals surface area contributed by atoms with Gasteiger partial charge in [0.05, 0.1) is 12.2 Å². The molecule has 0 fully saturated rings. The van der Waals surface area contributed by atoms with E-state index in [1.165, 1.54) is 0 Å². The van der Waals surface area contributed by atoms with Gasteiger partial charge in [-0.15, -0.1) is 0 Å². The summed E-state index contributed by atoms with van der Waals surface area (Å²) in [5, 5.41) is 3.52. The molecule has 1 aliphatic carbocycles. The van der Waals surface area contributed by atoms with E-state index in [4.69, 9.17) is 4.74 Å². The van der Waals surface area contributed by atoms with Gasteiger partial charge in [0.2, 0.25) is 0 Å². The summed E-state index contributed by atoms with van der Waals surface area (Å²) in [4.78, 5) is 13.1. The first-order valence-electron chi connectivity index (χ1n) is 11.4. The number of benzene rings is 3. The number of nitrogens with one attached hydrogen (secondary N) is 1. The van der Waals surface area contributed by atoms with Crippen LogP contribution in [0.3, 0.4) is 0 Å². The van der Waals surface area contributed by atoms with Crippen LogP contribution in [-0.2, 0) is 16.1 Å². The van der Waals surface area contributed by atoms with E-state index in [0.717, 1.165) is 34.4 Å². The molecule has 0 aliphatic heterocycles. The SMILES string of the molecule is CCOC(=O)C1=C(NCc2ccccc2)C=C(/C=C/c2ccccc2)CC1c1ccccc1. The zero-order valence-electron chi connectivity index (χ0n) is 18.9. The average Bonchev–Trinajstić information content (AvgIpc) is 2.87. The number of esters is 1. The van der Waals surface area contributed by atoms with Gasteiger partial charge < -0.3 is 10.1 Å². The van der Waals surface area contributed by atoms with Crippen molar-refractivity contribution in [2.75, 3.05) is 6.61 Å². The standard InChI is InChI=1S/C30H29NO2/c1-2-33-30(32)29-27(26-16-10-5-11-17-26)20-25(19-18-23-12-6-3-7-13-23)21-28(29)31-22-24-14-8-4-9-15-24/h3-19,21,27,31H,2,20,22H2,1H3/b19-18+. The van der Waals surface area contributed by atoms with Gasteiger partial charge in [-0.2, -0.15) is 0 Å². The van der Waals surface area contributed by atoms with E-state index < -0.39 is 0 Å². The molecule has 1 aliphatic rings. The molecule has 0 radical (unpaired) electrons. The Kier molecular flexibility index (Phi) is 7.55. The van der Waals surface area contributed by atoms with Crippen molar-refractivity contribution >= 4 is 12.0 Å². The molecular formula is C30H29NO2. The zero-order valence-corrected chi connectivity index (χ0v) is 18.9. The van der Waals surface area contributed by atoms with Gasteiger partial charge in [0.15, 0.2) is 0 Å². The Labute approximate surface area is 196 Å². The van der Waals surface area contributed by atoms with Crippen molar-refractivity contribution in [1.82, 2.24) is 5.32 Å². The Morgan fingerprint density at radius 3 is 2.21 bits per heavy atom. The third-order valence-corrected chi connectivity index (χ3v) is 5.72. The first kappa shape index (κ1) is 22.3.